The molecule has 1 N–H and O–H groups in total. The Kier molecular flexibility index (Phi) is 7.19. The van der Waals surface area contributed by atoms with Gasteiger partial charge in [-0.15, -0.1) is 0 Å². The summed E-state index contributed by atoms with van der Waals surface area (Å²) in [6.45, 7) is 4.19. The van der Waals surface area contributed by atoms with Gasteiger partial charge >= 0.3 is 17.8 Å². The number of halogens is 3. The third kappa shape index (κ3) is 5.41. The minimum Gasteiger partial charge on any atom is -0.454 e. The molecule has 0 bridgehead atoms. The summed E-state index contributed by atoms with van der Waals surface area (Å²) in [5.74, 6) is -0.519. The van der Waals surface area contributed by atoms with Crippen LogP contribution in [0.3, 0.4) is 0 Å². The first-order valence-electron chi connectivity index (χ1n) is 10.4. The number of benzene rings is 1. The van der Waals surface area contributed by atoms with Gasteiger partial charge in [0.15, 0.2) is 11.2 Å². The van der Waals surface area contributed by atoms with E-state index in [0.717, 1.165) is 24.6 Å². The van der Waals surface area contributed by atoms with Crippen LogP contribution in [0.5, 0.6) is 0 Å². The molecule has 0 amide bonds. The van der Waals surface area contributed by atoms with Crippen LogP contribution in [0.2, 0.25) is 0 Å². The van der Waals surface area contributed by atoms with E-state index in [1.165, 1.54) is 22.8 Å². The predicted molar refractivity (Wildman–Crippen MR) is 115 cm³/mol. The lowest BCUT2D eigenvalue weighted by Gasteiger charge is -2.07. The summed E-state index contributed by atoms with van der Waals surface area (Å²) in [5.41, 5.74) is -1.36. The molecule has 0 saturated carbocycles. The minimum atomic E-state index is -4.49. The lowest BCUT2D eigenvalue weighted by Crippen LogP contribution is -2.31. The molecule has 3 rings (SSSR count). The van der Waals surface area contributed by atoms with Gasteiger partial charge in [-0.2, -0.15) is 13.2 Å². The highest BCUT2D eigenvalue weighted by Crippen LogP contribution is 2.29. The van der Waals surface area contributed by atoms with E-state index in [0.29, 0.717) is 19.5 Å². The number of carbonyl (C=O) groups is 1. The van der Waals surface area contributed by atoms with Crippen LogP contribution in [-0.4, -0.2) is 25.1 Å². The number of hydrogen-bond donors (Lipinski definition) is 1. The molecule has 0 saturated heterocycles. The topological polar surface area (TPSA) is 99.0 Å². The number of nitrogens with zero attached hydrogens (tertiary/aromatic N) is 3. The Hall–Kier alpha value is -3.63. The zero-order valence-electron chi connectivity index (χ0n) is 18.1. The predicted octanol–water partition coefficient (Wildman–Crippen LogP) is 3.48. The van der Waals surface area contributed by atoms with Gasteiger partial charge in [0.25, 0.3) is 5.56 Å². The quantitative estimate of drug-likeness (QED) is 0.407. The zero-order chi connectivity index (χ0) is 24.2. The van der Waals surface area contributed by atoms with Crippen LogP contribution in [0.4, 0.5) is 13.2 Å². The van der Waals surface area contributed by atoms with Crippen molar-refractivity contribution in [1.82, 2.24) is 19.1 Å². The van der Waals surface area contributed by atoms with Crippen molar-refractivity contribution in [3.05, 3.63) is 68.1 Å². The van der Waals surface area contributed by atoms with E-state index in [4.69, 9.17) is 4.74 Å². The first-order valence-corrected chi connectivity index (χ1v) is 10.4. The van der Waals surface area contributed by atoms with E-state index in [9.17, 15) is 27.6 Å². The van der Waals surface area contributed by atoms with E-state index in [1.807, 2.05) is 6.92 Å². The van der Waals surface area contributed by atoms with Gasteiger partial charge in [0.1, 0.15) is 12.4 Å². The van der Waals surface area contributed by atoms with Crippen molar-refractivity contribution in [3.8, 4) is 0 Å². The van der Waals surface area contributed by atoms with Gasteiger partial charge in [-0.3, -0.25) is 14.3 Å². The van der Waals surface area contributed by atoms with Gasteiger partial charge in [0.05, 0.1) is 5.56 Å². The van der Waals surface area contributed by atoms with Crippen molar-refractivity contribution in [2.24, 2.45) is 0 Å². The highest BCUT2D eigenvalue weighted by atomic mass is 19.4. The molecule has 11 heteroatoms. The molecule has 1 aromatic carbocycles. The first-order chi connectivity index (χ1) is 15.7. The maximum absolute atomic E-state index is 12.8. The number of nitrogens with one attached hydrogen (secondary N) is 1. The maximum atomic E-state index is 12.8. The van der Waals surface area contributed by atoms with Gasteiger partial charge in [-0.05, 0) is 37.1 Å². The van der Waals surface area contributed by atoms with Crippen LogP contribution in [0.1, 0.15) is 43.6 Å². The van der Waals surface area contributed by atoms with Gasteiger partial charge < -0.3 is 9.30 Å². The molecule has 0 aliphatic carbocycles. The second-order valence-corrected chi connectivity index (χ2v) is 7.27. The number of alkyl halides is 3. The van der Waals surface area contributed by atoms with E-state index in [2.05, 4.69) is 9.97 Å². The second kappa shape index (κ2) is 9.88. The fourth-order valence-electron chi connectivity index (χ4n) is 3.36. The molecule has 176 valence electrons. The zero-order valence-corrected chi connectivity index (χ0v) is 18.1. The standard InChI is InChI=1S/C22H23F3N4O4/c1-3-5-11-29-19-18(20(31)27-21(29)32)28(4-2)16(26-19)13-33-17(30)10-9-14-7-6-8-15(12-14)22(23,24)25/h6-10,12H,3-5,11,13H2,1-2H3,(H,27,31,32)/b10-9+. The van der Waals surface area contributed by atoms with Gasteiger partial charge in [-0.1, -0.05) is 25.5 Å². The maximum Gasteiger partial charge on any atom is 0.416 e. The van der Waals surface area contributed by atoms with Crippen molar-refractivity contribution in [3.63, 3.8) is 0 Å². The Morgan fingerprint density at radius 3 is 2.64 bits per heavy atom. The number of rotatable bonds is 8. The van der Waals surface area contributed by atoms with Crippen LogP contribution in [0, 0.1) is 0 Å². The fraction of sp³-hybridized carbons (Fsp3) is 0.364. The van der Waals surface area contributed by atoms with Crippen molar-refractivity contribution < 1.29 is 22.7 Å². The molecule has 0 aliphatic heterocycles. The Morgan fingerprint density at radius 1 is 1.21 bits per heavy atom. The number of H-pyrrole nitrogens is 1. The molecule has 0 aliphatic rings. The number of hydrogen-bond acceptors (Lipinski definition) is 5. The molecule has 0 spiro atoms. The number of imidazole rings is 1. The fourth-order valence-corrected chi connectivity index (χ4v) is 3.36. The molecular weight excluding hydrogens is 441 g/mol. The molecule has 8 nitrogen and oxygen atoms in total. The summed E-state index contributed by atoms with van der Waals surface area (Å²) in [7, 11) is 0. The first kappa shape index (κ1) is 24.0. The summed E-state index contributed by atoms with van der Waals surface area (Å²) >= 11 is 0. The van der Waals surface area contributed by atoms with Crippen molar-refractivity contribution >= 4 is 23.2 Å². The molecule has 2 heterocycles. The van der Waals surface area contributed by atoms with Crippen molar-refractivity contribution in [1.29, 1.82) is 0 Å². The van der Waals surface area contributed by atoms with Gasteiger partial charge in [0, 0.05) is 19.2 Å². The summed E-state index contributed by atoms with van der Waals surface area (Å²) in [4.78, 5) is 43.4. The number of aromatic nitrogens is 4. The largest absolute Gasteiger partial charge is 0.454 e. The van der Waals surface area contributed by atoms with Crippen LogP contribution in [-0.2, 0) is 35.4 Å². The minimum absolute atomic E-state index is 0.189. The monoisotopic (exact) mass is 464 g/mol. The third-order valence-corrected chi connectivity index (χ3v) is 4.99. The number of carbonyl (C=O) groups excluding carboxylic acids is 1. The van der Waals surface area contributed by atoms with Gasteiger partial charge in [0.2, 0.25) is 0 Å². The number of unbranched alkanes of at least 4 members (excludes halogenated alkanes) is 1. The molecule has 0 fully saturated rings. The normalized spacial score (nSPS) is 12.0. The van der Waals surface area contributed by atoms with Crippen molar-refractivity contribution in [2.75, 3.05) is 0 Å². The lowest BCUT2D eigenvalue weighted by atomic mass is 10.1. The highest BCUT2D eigenvalue weighted by Gasteiger charge is 2.30. The van der Waals surface area contributed by atoms with Crippen LogP contribution >= 0.6 is 0 Å². The lowest BCUT2D eigenvalue weighted by molar-refractivity contribution is -0.139. The number of aromatic amines is 1. The highest BCUT2D eigenvalue weighted by molar-refractivity contribution is 5.87. The van der Waals surface area contributed by atoms with Crippen molar-refractivity contribution in [2.45, 2.75) is 52.6 Å². The van der Waals surface area contributed by atoms with Crippen LogP contribution in [0.25, 0.3) is 17.2 Å². The molecule has 0 unspecified atom stereocenters. The van der Waals surface area contributed by atoms with E-state index < -0.39 is 29.0 Å². The Bertz CT molecular complexity index is 1300. The molecule has 2 aromatic heterocycles. The number of esters is 1. The average molecular weight is 464 g/mol. The smallest absolute Gasteiger partial charge is 0.416 e. The summed E-state index contributed by atoms with van der Waals surface area (Å²) < 4.78 is 46.6. The number of fused-ring (bicyclic) bond motifs is 1. The molecule has 3 aromatic rings. The molecular formula is C22H23F3N4O4. The van der Waals surface area contributed by atoms with Crippen LogP contribution < -0.4 is 11.2 Å². The number of ether oxygens (including phenoxy) is 1. The molecule has 0 atom stereocenters. The Labute approximate surface area is 186 Å². The number of aryl methyl sites for hydroxylation is 2. The summed E-state index contributed by atoms with van der Waals surface area (Å²) in [5, 5.41) is 0. The van der Waals surface area contributed by atoms with Crippen LogP contribution in [0.15, 0.2) is 39.9 Å². The Morgan fingerprint density at radius 2 is 1.97 bits per heavy atom. The summed E-state index contributed by atoms with van der Waals surface area (Å²) in [6.07, 6.45) is -0.708. The molecule has 0 radical (unpaired) electrons. The third-order valence-electron chi connectivity index (χ3n) is 4.99. The SMILES string of the molecule is CCCCn1c(=O)[nH]c(=O)c2c1nc(COC(=O)/C=C/c1cccc(C(F)(F)F)c1)n2CC. The molecule has 33 heavy (non-hydrogen) atoms. The van der Waals surface area contributed by atoms with E-state index in [1.54, 1.807) is 11.5 Å². The Balaban J connectivity index is 1.82. The second-order valence-electron chi connectivity index (χ2n) is 7.27. The van der Waals surface area contributed by atoms with E-state index in [-0.39, 0.29) is 29.2 Å². The summed E-state index contributed by atoms with van der Waals surface area (Å²) in [6, 6.07) is 4.53. The average Bonchev–Trinajstić information content (AvgIpc) is 3.14. The van der Waals surface area contributed by atoms with Gasteiger partial charge in [-0.25, -0.2) is 14.6 Å². The van der Waals surface area contributed by atoms with E-state index >= 15 is 0 Å².